The monoisotopic (exact) mass is 359 g/mol. The van der Waals surface area contributed by atoms with Gasteiger partial charge in [0.25, 0.3) is 0 Å². The van der Waals surface area contributed by atoms with E-state index >= 15 is 0 Å². The normalized spacial score (nSPS) is 11.9. The number of carbonyl (C=O) groups is 2. The number of H-pyrrole nitrogens is 1. The van der Waals surface area contributed by atoms with Gasteiger partial charge in [0.2, 0.25) is 5.78 Å². The number of methoxy groups -OCH3 is 2. The maximum atomic E-state index is 12.7. The van der Waals surface area contributed by atoms with Gasteiger partial charge in [-0.2, -0.15) is 0 Å². The summed E-state index contributed by atoms with van der Waals surface area (Å²) in [4.78, 5) is 28.5. The molecule has 2 aromatic rings. The van der Waals surface area contributed by atoms with Crippen molar-refractivity contribution in [2.24, 2.45) is 0 Å². The number of benzene rings is 1. The van der Waals surface area contributed by atoms with Crippen molar-refractivity contribution in [2.75, 3.05) is 27.8 Å². The van der Waals surface area contributed by atoms with Crippen LogP contribution in [0.2, 0.25) is 0 Å². The van der Waals surface area contributed by atoms with Gasteiger partial charge in [-0.3, -0.25) is 9.59 Å². The summed E-state index contributed by atoms with van der Waals surface area (Å²) < 4.78 is 10.6. The van der Waals surface area contributed by atoms with E-state index in [1.165, 1.54) is 6.92 Å². The first-order valence-corrected chi connectivity index (χ1v) is 8.54. The molecular formula is C20H27N2O4+. The van der Waals surface area contributed by atoms with Gasteiger partial charge in [-0.15, -0.1) is 0 Å². The van der Waals surface area contributed by atoms with Crippen LogP contribution in [-0.4, -0.2) is 44.4 Å². The Morgan fingerprint density at radius 2 is 1.77 bits per heavy atom. The van der Waals surface area contributed by atoms with Crippen molar-refractivity contribution in [3.8, 4) is 11.5 Å². The minimum absolute atomic E-state index is 0.00363. The predicted molar refractivity (Wildman–Crippen MR) is 99.6 cm³/mol. The zero-order valence-electron chi connectivity index (χ0n) is 16.3. The highest BCUT2D eigenvalue weighted by molar-refractivity contribution is 6.03. The summed E-state index contributed by atoms with van der Waals surface area (Å²) in [5, 5.41) is 0. The number of likely N-dealkylation sites (N-methyl/N-ethyl adjacent to an activating group) is 1. The summed E-state index contributed by atoms with van der Waals surface area (Å²) in [6.45, 7) is 6.15. The highest BCUT2D eigenvalue weighted by atomic mass is 16.5. The number of ether oxygens (including phenoxy) is 2. The Balaban J connectivity index is 2.11. The smallest absolute Gasteiger partial charge is 0.233 e. The maximum absolute atomic E-state index is 12.7. The molecule has 140 valence electrons. The zero-order valence-corrected chi connectivity index (χ0v) is 16.3. The van der Waals surface area contributed by atoms with Crippen LogP contribution in [-0.2, 0) is 6.54 Å². The topological polar surface area (TPSA) is 72.8 Å². The van der Waals surface area contributed by atoms with Crippen molar-refractivity contribution in [3.63, 3.8) is 0 Å². The van der Waals surface area contributed by atoms with Gasteiger partial charge in [0.15, 0.2) is 17.3 Å². The van der Waals surface area contributed by atoms with Crippen LogP contribution in [0.5, 0.6) is 11.5 Å². The first-order chi connectivity index (χ1) is 12.3. The van der Waals surface area contributed by atoms with Crippen molar-refractivity contribution in [2.45, 2.75) is 27.3 Å². The SMILES string of the molecule is COc1ccc(C[NH+](C)CC(=O)c2[nH]c(C)c(C(C)=O)c2C)cc1OC. The number of hydrogen-bond acceptors (Lipinski definition) is 4. The largest absolute Gasteiger partial charge is 0.493 e. The van der Waals surface area contributed by atoms with Crippen LogP contribution in [0, 0.1) is 13.8 Å². The average Bonchev–Trinajstić information content (AvgIpc) is 2.89. The van der Waals surface area contributed by atoms with E-state index in [4.69, 9.17) is 9.47 Å². The number of carbonyl (C=O) groups excluding carboxylic acids is 2. The molecule has 2 rings (SSSR count). The molecule has 1 aromatic carbocycles. The Morgan fingerprint density at radius 1 is 1.12 bits per heavy atom. The zero-order chi connectivity index (χ0) is 19.4. The molecule has 0 bridgehead atoms. The third-order valence-corrected chi connectivity index (χ3v) is 4.48. The summed E-state index contributed by atoms with van der Waals surface area (Å²) in [7, 11) is 5.17. The molecule has 1 unspecified atom stereocenters. The van der Waals surface area contributed by atoms with Crippen molar-refractivity contribution in [3.05, 3.63) is 46.3 Å². The molecule has 1 aromatic heterocycles. The molecule has 0 aliphatic carbocycles. The molecular weight excluding hydrogens is 332 g/mol. The summed E-state index contributed by atoms with van der Waals surface area (Å²) in [6.07, 6.45) is 0. The van der Waals surface area contributed by atoms with E-state index in [1.807, 2.05) is 39.1 Å². The Morgan fingerprint density at radius 3 is 2.31 bits per heavy atom. The molecule has 0 fully saturated rings. The van der Waals surface area contributed by atoms with Crippen LogP contribution in [0.3, 0.4) is 0 Å². The molecule has 6 nitrogen and oxygen atoms in total. The lowest BCUT2D eigenvalue weighted by molar-refractivity contribution is -0.884. The van der Waals surface area contributed by atoms with Crippen molar-refractivity contribution < 1.29 is 24.0 Å². The minimum atomic E-state index is -0.0265. The fraction of sp³-hybridized carbons (Fsp3) is 0.400. The standard InChI is InChI=1S/C20H26N2O4/c1-12-19(14(3)23)13(2)21-20(12)16(24)11-22(4)10-15-7-8-17(25-5)18(9-15)26-6/h7-9,21H,10-11H2,1-6H3/p+1. The van der Waals surface area contributed by atoms with Gasteiger partial charge >= 0.3 is 0 Å². The van der Waals surface area contributed by atoms with Gasteiger partial charge in [-0.05, 0) is 44.5 Å². The Kier molecular flexibility index (Phi) is 6.21. The van der Waals surface area contributed by atoms with Crippen LogP contribution < -0.4 is 14.4 Å². The fourth-order valence-electron chi connectivity index (χ4n) is 3.32. The number of nitrogens with one attached hydrogen (secondary N) is 2. The Bertz CT molecular complexity index is 823. The highest BCUT2D eigenvalue weighted by Gasteiger charge is 2.22. The number of Topliss-reactive ketones (excluding diaryl/α,β-unsaturated/α-hetero) is 2. The number of quaternary nitrogens is 1. The fourth-order valence-corrected chi connectivity index (χ4v) is 3.32. The molecule has 0 saturated heterocycles. The maximum Gasteiger partial charge on any atom is 0.233 e. The van der Waals surface area contributed by atoms with Crippen molar-refractivity contribution >= 4 is 11.6 Å². The third-order valence-electron chi connectivity index (χ3n) is 4.48. The number of aromatic nitrogens is 1. The van der Waals surface area contributed by atoms with E-state index in [1.54, 1.807) is 14.2 Å². The van der Waals surface area contributed by atoms with Crippen LogP contribution in [0.4, 0.5) is 0 Å². The van der Waals surface area contributed by atoms with E-state index in [-0.39, 0.29) is 11.6 Å². The lowest BCUT2D eigenvalue weighted by Gasteiger charge is -2.15. The molecule has 0 aliphatic heterocycles. The number of hydrogen-bond donors (Lipinski definition) is 2. The molecule has 2 N–H and O–H groups in total. The summed E-state index contributed by atoms with van der Waals surface area (Å²) in [6, 6.07) is 5.75. The summed E-state index contributed by atoms with van der Waals surface area (Å²) in [5.74, 6) is 1.32. The van der Waals surface area contributed by atoms with Crippen LogP contribution in [0.1, 0.15) is 44.6 Å². The number of aromatic amines is 1. The van der Waals surface area contributed by atoms with Crippen molar-refractivity contribution in [1.82, 2.24) is 4.98 Å². The Hall–Kier alpha value is -2.60. The Labute approximate surface area is 154 Å². The summed E-state index contributed by atoms with van der Waals surface area (Å²) in [5.41, 5.74) is 3.68. The van der Waals surface area contributed by atoms with Gasteiger partial charge in [0.1, 0.15) is 13.1 Å². The lowest BCUT2D eigenvalue weighted by Crippen LogP contribution is -3.08. The molecule has 1 heterocycles. The molecule has 0 amide bonds. The van der Waals surface area contributed by atoms with Gasteiger partial charge in [0, 0.05) is 16.8 Å². The van der Waals surface area contributed by atoms with Gasteiger partial charge in [0.05, 0.1) is 27.0 Å². The van der Waals surface area contributed by atoms with E-state index in [0.717, 1.165) is 21.7 Å². The molecule has 0 radical (unpaired) electrons. The quantitative estimate of drug-likeness (QED) is 0.705. The van der Waals surface area contributed by atoms with E-state index < -0.39 is 0 Å². The van der Waals surface area contributed by atoms with Crippen LogP contribution in [0.25, 0.3) is 0 Å². The van der Waals surface area contributed by atoms with E-state index in [0.29, 0.717) is 35.8 Å². The van der Waals surface area contributed by atoms with Gasteiger partial charge < -0.3 is 19.4 Å². The van der Waals surface area contributed by atoms with E-state index in [9.17, 15) is 9.59 Å². The van der Waals surface area contributed by atoms with Crippen LogP contribution >= 0.6 is 0 Å². The summed E-state index contributed by atoms with van der Waals surface area (Å²) >= 11 is 0. The third kappa shape index (κ3) is 4.14. The second kappa shape index (κ2) is 8.19. The van der Waals surface area contributed by atoms with E-state index in [2.05, 4.69) is 4.98 Å². The minimum Gasteiger partial charge on any atom is -0.493 e. The first-order valence-electron chi connectivity index (χ1n) is 8.54. The molecule has 0 spiro atoms. The molecule has 1 atom stereocenters. The molecule has 0 saturated carbocycles. The molecule has 6 heteroatoms. The number of aryl methyl sites for hydroxylation is 1. The van der Waals surface area contributed by atoms with Gasteiger partial charge in [-0.25, -0.2) is 0 Å². The van der Waals surface area contributed by atoms with Crippen LogP contribution in [0.15, 0.2) is 18.2 Å². The molecule has 0 aliphatic rings. The highest BCUT2D eigenvalue weighted by Crippen LogP contribution is 2.27. The lowest BCUT2D eigenvalue weighted by atomic mass is 10.1. The first kappa shape index (κ1) is 19.7. The number of ketones is 2. The second-order valence-corrected chi connectivity index (χ2v) is 6.60. The second-order valence-electron chi connectivity index (χ2n) is 6.60. The molecule has 26 heavy (non-hydrogen) atoms. The number of rotatable bonds is 8. The van der Waals surface area contributed by atoms with Crippen molar-refractivity contribution in [1.29, 1.82) is 0 Å². The van der Waals surface area contributed by atoms with Gasteiger partial charge in [-0.1, -0.05) is 0 Å². The predicted octanol–water partition coefficient (Wildman–Crippen LogP) is 1.75. The average molecular weight is 359 g/mol.